The molecule has 0 aromatic heterocycles. The monoisotopic (exact) mass is 235 g/mol. The van der Waals surface area contributed by atoms with Crippen molar-refractivity contribution in [3.05, 3.63) is 35.9 Å². The molecule has 1 heterocycles. The molecule has 1 aromatic carbocycles. The molecule has 17 heavy (non-hydrogen) atoms. The van der Waals surface area contributed by atoms with Gasteiger partial charge in [-0.3, -0.25) is 14.4 Å². The summed E-state index contributed by atoms with van der Waals surface area (Å²) in [6.45, 7) is 0. The minimum absolute atomic E-state index is 0.135. The van der Waals surface area contributed by atoms with E-state index in [1.165, 1.54) is 12.1 Å². The third-order valence-electron chi connectivity index (χ3n) is 2.47. The molecular weight excluding hydrogens is 226 g/mol. The van der Waals surface area contributed by atoms with Gasteiger partial charge in [-0.15, -0.1) is 0 Å². The second-order valence-electron chi connectivity index (χ2n) is 3.57. The molecule has 2 atom stereocenters. The molecule has 0 bridgehead atoms. The maximum absolute atomic E-state index is 11.8. The van der Waals surface area contributed by atoms with Gasteiger partial charge in [0.15, 0.2) is 12.2 Å². The van der Waals surface area contributed by atoms with Gasteiger partial charge in [-0.1, -0.05) is 18.2 Å². The van der Waals surface area contributed by atoms with Crippen LogP contribution in [0.25, 0.3) is 0 Å². The van der Waals surface area contributed by atoms with Gasteiger partial charge in [-0.25, -0.2) is 4.90 Å². The summed E-state index contributed by atoms with van der Waals surface area (Å²) in [6.07, 6.45) is -3.73. The molecule has 1 saturated heterocycles. The highest BCUT2D eigenvalue weighted by molar-refractivity contribution is 6.22. The quantitative estimate of drug-likeness (QED) is 0.603. The number of hydrogen-bond donors (Lipinski definition) is 2. The average Bonchev–Trinajstić information content (AvgIpc) is 2.54. The Morgan fingerprint density at radius 3 is 1.94 bits per heavy atom. The fourth-order valence-corrected chi connectivity index (χ4v) is 1.55. The van der Waals surface area contributed by atoms with Crippen molar-refractivity contribution in [2.75, 3.05) is 0 Å². The lowest BCUT2D eigenvalue weighted by molar-refractivity contribution is -0.137. The largest absolute Gasteiger partial charge is 0.380 e. The molecule has 0 aliphatic carbocycles. The van der Waals surface area contributed by atoms with E-state index in [0.717, 1.165) is 0 Å². The third kappa shape index (κ3) is 1.73. The fraction of sp³-hybridized carbons (Fsp3) is 0.182. The van der Waals surface area contributed by atoms with Crippen molar-refractivity contribution in [2.45, 2.75) is 12.2 Å². The predicted octanol–water partition coefficient (Wildman–Crippen LogP) is -1.08. The van der Waals surface area contributed by atoms with Gasteiger partial charge in [0, 0.05) is 5.56 Å². The Hall–Kier alpha value is -2.05. The SMILES string of the molecule is O=C(c1ccccc1)N1C(=O)[C@H](O)[C@@H](O)C1=O. The van der Waals surface area contributed by atoms with Crippen LogP contribution in [0.2, 0.25) is 0 Å². The van der Waals surface area contributed by atoms with Gasteiger partial charge in [-0.05, 0) is 12.1 Å². The maximum Gasteiger partial charge on any atom is 0.268 e. The summed E-state index contributed by atoms with van der Waals surface area (Å²) in [5, 5.41) is 18.4. The van der Waals surface area contributed by atoms with E-state index < -0.39 is 29.9 Å². The van der Waals surface area contributed by atoms with Crippen LogP contribution in [0, 0.1) is 0 Å². The Labute approximate surface area is 96.1 Å². The number of imide groups is 3. The van der Waals surface area contributed by atoms with Crippen molar-refractivity contribution in [1.29, 1.82) is 0 Å². The van der Waals surface area contributed by atoms with Crippen LogP contribution in [0.1, 0.15) is 10.4 Å². The summed E-state index contributed by atoms with van der Waals surface area (Å²) in [5.74, 6) is -3.05. The van der Waals surface area contributed by atoms with E-state index in [-0.39, 0.29) is 10.5 Å². The molecule has 2 rings (SSSR count). The standard InChI is InChI=1S/C11H9NO5/c13-7-8(14)11(17)12(10(7)16)9(15)6-4-2-1-3-5-6/h1-5,7-8,13-14H/t7-,8-/m1/s1. The fourth-order valence-electron chi connectivity index (χ4n) is 1.55. The first-order chi connectivity index (χ1) is 8.04. The van der Waals surface area contributed by atoms with Gasteiger partial charge < -0.3 is 10.2 Å². The number of hydrogen-bond acceptors (Lipinski definition) is 5. The normalized spacial score (nSPS) is 24.2. The molecule has 0 radical (unpaired) electrons. The van der Waals surface area contributed by atoms with E-state index in [9.17, 15) is 24.6 Å². The maximum atomic E-state index is 11.8. The van der Waals surface area contributed by atoms with E-state index in [2.05, 4.69) is 0 Å². The van der Waals surface area contributed by atoms with Crippen molar-refractivity contribution < 1.29 is 24.6 Å². The predicted molar refractivity (Wildman–Crippen MR) is 54.6 cm³/mol. The smallest absolute Gasteiger partial charge is 0.268 e. The Morgan fingerprint density at radius 2 is 1.47 bits per heavy atom. The molecule has 1 aromatic rings. The molecule has 88 valence electrons. The second kappa shape index (κ2) is 4.08. The molecular formula is C11H9NO5. The molecule has 3 amide bonds. The number of carbonyl (C=O) groups excluding carboxylic acids is 3. The van der Waals surface area contributed by atoms with Crippen LogP contribution in [-0.2, 0) is 9.59 Å². The number of aliphatic hydroxyl groups excluding tert-OH is 2. The second-order valence-corrected chi connectivity index (χ2v) is 3.57. The Kier molecular flexibility index (Phi) is 2.74. The molecule has 6 heteroatoms. The Morgan fingerprint density at radius 1 is 1.00 bits per heavy atom. The molecule has 0 spiro atoms. The van der Waals surface area contributed by atoms with E-state index >= 15 is 0 Å². The van der Waals surface area contributed by atoms with Crippen molar-refractivity contribution in [3.8, 4) is 0 Å². The number of amides is 3. The number of carbonyl (C=O) groups is 3. The number of benzene rings is 1. The van der Waals surface area contributed by atoms with Crippen LogP contribution in [0.4, 0.5) is 0 Å². The van der Waals surface area contributed by atoms with Crippen LogP contribution >= 0.6 is 0 Å². The average molecular weight is 235 g/mol. The van der Waals surface area contributed by atoms with Gasteiger partial charge in [0.25, 0.3) is 17.7 Å². The van der Waals surface area contributed by atoms with E-state index in [4.69, 9.17) is 0 Å². The summed E-state index contributed by atoms with van der Waals surface area (Å²) >= 11 is 0. The van der Waals surface area contributed by atoms with Crippen molar-refractivity contribution in [1.82, 2.24) is 4.90 Å². The van der Waals surface area contributed by atoms with Gasteiger partial charge in [-0.2, -0.15) is 0 Å². The highest BCUT2D eigenvalue weighted by Crippen LogP contribution is 2.17. The first kappa shape index (κ1) is 11.4. The zero-order valence-electron chi connectivity index (χ0n) is 8.61. The van der Waals surface area contributed by atoms with Crippen molar-refractivity contribution in [3.63, 3.8) is 0 Å². The minimum atomic E-state index is -1.87. The van der Waals surface area contributed by atoms with Crippen LogP contribution in [0.3, 0.4) is 0 Å². The van der Waals surface area contributed by atoms with Gasteiger partial charge in [0.2, 0.25) is 0 Å². The summed E-state index contributed by atoms with van der Waals surface area (Å²) < 4.78 is 0. The first-order valence-electron chi connectivity index (χ1n) is 4.87. The minimum Gasteiger partial charge on any atom is -0.380 e. The van der Waals surface area contributed by atoms with Crippen molar-refractivity contribution in [2.24, 2.45) is 0 Å². The topological polar surface area (TPSA) is 94.9 Å². The summed E-state index contributed by atoms with van der Waals surface area (Å²) in [4.78, 5) is 34.9. The molecule has 1 aliphatic rings. The van der Waals surface area contributed by atoms with E-state index in [1.54, 1.807) is 18.2 Å². The lowest BCUT2D eigenvalue weighted by Gasteiger charge is -2.11. The van der Waals surface area contributed by atoms with E-state index in [1.807, 2.05) is 0 Å². The Bertz CT molecular complexity index is 464. The van der Waals surface area contributed by atoms with E-state index in [0.29, 0.717) is 0 Å². The zero-order chi connectivity index (χ0) is 12.6. The molecule has 6 nitrogen and oxygen atoms in total. The number of rotatable bonds is 1. The van der Waals surface area contributed by atoms with Gasteiger partial charge >= 0.3 is 0 Å². The lowest BCUT2D eigenvalue weighted by Crippen LogP contribution is -2.38. The molecule has 2 N–H and O–H groups in total. The number of aliphatic hydroxyl groups is 2. The number of likely N-dealkylation sites (tertiary alicyclic amines) is 1. The number of nitrogens with zero attached hydrogens (tertiary/aromatic N) is 1. The zero-order valence-corrected chi connectivity index (χ0v) is 8.61. The Balaban J connectivity index is 2.33. The lowest BCUT2D eigenvalue weighted by atomic mass is 10.2. The van der Waals surface area contributed by atoms with Crippen molar-refractivity contribution >= 4 is 17.7 Å². The highest BCUT2D eigenvalue weighted by atomic mass is 16.4. The van der Waals surface area contributed by atoms with Crippen LogP contribution in [-0.4, -0.2) is 45.0 Å². The summed E-state index contributed by atoms with van der Waals surface area (Å²) in [6, 6.07) is 7.68. The third-order valence-corrected chi connectivity index (χ3v) is 2.47. The summed E-state index contributed by atoms with van der Waals surface area (Å²) in [5.41, 5.74) is 0.135. The van der Waals surface area contributed by atoms with Crippen LogP contribution in [0.5, 0.6) is 0 Å². The highest BCUT2D eigenvalue weighted by Gasteiger charge is 2.49. The molecule has 0 unspecified atom stereocenters. The molecule has 1 aliphatic heterocycles. The van der Waals surface area contributed by atoms with Gasteiger partial charge in [0.1, 0.15) is 0 Å². The molecule has 1 fully saturated rings. The summed E-state index contributed by atoms with van der Waals surface area (Å²) in [7, 11) is 0. The molecule has 0 saturated carbocycles. The first-order valence-corrected chi connectivity index (χ1v) is 4.87. The van der Waals surface area contributed by atoms with Crippen LogP contribution in [0.15, 0.2) is 30.3 Å². The van der Waals surface area contributed by atoms with Crippen LogP contribution < -0.4 is 0 Å². The van der Waals surface area contributed by atoms with Gasteiger partial charge in [0.05, 0.1) is 0 Å².